The van der Waals surface area contributed by atoms with Crippen LogP contribution in [0, 0.1) is 0 Å². The minimum Gasteiger partial charge on any atom is -0.383 e. The number of nitrogens with zero attached hydrogens (tertiary/aromatic N) is 3. The van der Waals surface area contributed by atoms with Gasteiger partial charge in [-0.2, -0.15) is 0 Å². The van der Waals surface area contributed by atoms with Gasteiger partial charge in [0.25, 0.3) is 0 Å². The van der Waals surface area contributed by atoms with Gasteiger partial charge in [-0.3, -0.25) is 0 Å². The molecule has 0 spiro atoms. The summed E-state index contributed by atoms with van der Waals surface area (Å²) in [5.41, 5.74) is 1.08. The second-order valence-electron chi connectivity index (χ2n) is 4.63. The van der Waals surface area contributed by atoms with Crippen LogP contribution in [-0.2, 0) is 11.3 Å². The molecule has 1 heterocycles. The quantitative estimate of drug-likeness (QED) is 0.324. The molecule has 116 valence electrons. The summed E-state index contributed by atoms with van der Waals surface area (Å²) in [4.78, 5) is 10.9. The Morgan fingerprint density at radius 1 is 1.48 bits per heavy atom. The highest BCUT2D eigenvalue weighted by atomic mass is 16.5. The number of pyridine rings is 1. The van der Waals surface area contributed by atoms with Crippen molar-refractivity contribution < 1.29 is 4.74 Å². The van der Waals surface area contributed by atoms with Crippen molar-refractivity contribution in [3.05, 3.63) is 36.5 Å². The summed E-state index contributed by atoms with van der Waals surface area (Å²) in [7, 11) is 5.63. The monoisotopic (exact) mass is 291 g/mol. The largest absolute Gasteiger partial charge is 0.383 e. The molecule has 1 aromatic rings. The molecule has 0 saturated carbocycles. The van der Waals surface area contributed by atoms with Crippen molar-refractivity contribution in [1.29, 1.82) is 0 Å². The first-order valence-corrected chi connectivity index (χ1v) is 6.92. The normalized spacial score (nSPS) is 11.1. The third-order valence-corrected chi connectivity index (χ3v) is 2.71. The molecule has 2 N–H and O–H groups in total. The predicted molar refractivity (Wildman–Crippen MR) is 87.8 cm³/mol. The summed E-state index contributed by atoms with van der Waals surface area (Å²) >= 11 is 0. The first-order valence-electron chi connectivity index (χ1n) is 6.92. The van der Waals surface area contributed by atoms with Crippen LogP contribution < -0.4 is 15.5 Å². The van der Waals surface area contributed by atoms with Gasteiger partial charge in [-0.05, 0) is 6.07 Å². The Hall–Kier alpha value is -2.08. The number of hydrogen-bond acceptors (Lipinski definition) is 4. The van der Waals surface area contributed by atoms with Gasteiger partial charge in [-0.25, -0.2) is 9.98 Å². The van der Waals surface area contributed by atoms with Gasteiger partial charge in [0.2, 0.25) is 0 Å². The number of anilines is 1. The standard InChI is InChI=1S/C15H25N5O/c1-5-8-17-15(18-10-11-21-4)19-12-13-7-6-9-16-14(13)20(2)3/h5-7,9H,1,8,10-12H2,2-4H3,(H2,17,18,19). The molecule has 0 saturated heterocycles. The van der Waals surface area contributed by atoms with Crippen molar-refractivity contribution in [2.45, 2.75) is 6.54 Å². The average Bonchev–Trinajstić information content (AvgIpc) is 2.49. The number of rotatable bonds is 8. The van der Waals surface area contributed by atoms with Crippen LogP contribution in [0.15, 0.2) is 36.0 Å². The lowest BCUT2D eigenvalue weighted by Crippen LogP contribution is -2.39. The van der Waals surface area contributed by atoms with Gasteiger partial charge in [-0.1, -0.05) is 12.1 Å². The number of ether oxygens (including phenoxy) is 1. The zero-order valence-corrected chi connectivity index (χ0v) is 13.1. The fourth-order valence-electron chi connectivity index (χ4n) is 1.74. The van der Waals surface area contributed by atoms with E-state index in [0.29, 0.717) is 26.2 Å². The van der Waals surface area contributed by atoms with Gasteiger partial charge >= 0.3 is 0 Å². The molecule has 0 radical (unpaired) electrons. The molecule has 6 nitrogen and oxygen atoms in total. The molecule has 1 aromatic heterocycles. The Morgan fingerprint density at radius 2 is 2.29 bits per heavy atom. The van der Waals surface area contributed by atoms with Crippen LogP contribution in [0.25, 0.3) is 0 Å². The molecule has 0 fully saturated rings. The van der Waals surface area contributed by atoms with Crippen molar-refractivity contribution in [2.24, 2.45) is 4.99 Å². The summed E-state index contributed by atoms with van der Waals surface area (Å²) in [5.74, 6) is 1.67. The summed E-state index contributed by atoms with van der Waals surface area (Å²) < 4.78 is 5.03. The molecule has 1 rings (SSSR count). The van der Waals surface area contributed by atoms with Crippen molar-refractivity contribution in [3.8, 4) is 0 Å². The van der Waals surface area contributed by atoms with E-state index in [1.54, 1.807) is 19.4 Å². The number of nitrogens with one attached hydrogen (secondary N) is 2. The van der Waals surface area contributed by atoms with E-state index < -0.39 is 0 Å². The van der Waals surface area contributed by atoms with Crippen molar-refractivity contribution in [3.63, 3.8) is 0 Å². The number of methoxy groups -OCH3 is 1. The SMILES string of the molecule is C=CCNC(=NCc1cccnc1N(C)C)NCCOC. The second kappa shape index (κ2) is 9.77. The van der Waals surface area contributed by atoms with Gasteiger partial charge in [0, 0.05) is 46.1 Å². The molecule has 0 aromatic carbocycles. The molecular weight excluding hydrogens is 266 g/mol. The summed E-state index contributed by atoms with van der Waals surface area (Å²) in [6.45, 7) is 6.24. The molecule has 0 atom stereocenters. The van der Waals surface area contributed by atoms with Crippen LogP contribution in [0.4, 0.5) is 5.82 Å². The summed E-state index contributed by atoms with van der Waals surface area (Å²) in [6, 6.07) is 3.96. The van der Waals surface area contributed by atoms with Crippen molar-refractivity contribution in [2.75, 3.05) is 45.8 Å². The number of hydrogen-bond donors (Lipinski definition) is 2. The van der Waals surface area contributed by atoms with Crippen LogP contribution in [0.3, 0.4) is 0 Å². The Morgan fingerprint density at radius 3 is 2.95 bits per heavy atom. The summed E-state index contributed by atoms with van der Waals surface area (Å²) in [5, 5.41) is 6.39. The van der Waals surface area contributed by atoms with Crippen LogP contribution in [-0.4, -0.2) is 51.8 Å². The topological polar surface area (TPSA) is 61.8 Å². The first kappa shape index (κ1) is 17.0. The van der Waals surface area contributed by atoms with E-state index in [4.69, 9.17) is 4.74 Å². The fourth-order valence-corrected chi connectivity index (χ4v) is 1.74. The molecule has 0 amide bonds. The third-order valence-electron chi connectivity index (χ3n) is 2.71. The predicted octanol–water partition coefficient (Wildman–Crippen LogP) is 1.02. The van der Waals surface area contributed by atoms with E-state index in [1.807, 2.05) is 31.1 Å². The van der Waals surface area contributed by atoms with Crippen LogP contribution >= 0.6 is 0 Å². The highest BCUT2D eigenvalue weighted by Crippen LogP contribution is 2.15. The van der Waals surface area contributed by atoms with Gasteiger partial charge in [0.15, 0.2) is 5.96 Å². The maximum atomic E-state index is 5.03. The fraction of sp³-hybridized carbons (Fsp3) is 0.467. The average molecular weight is 291 g/mol. The minimum atomic E-state index is 0.556. The van der Waals surface area contributed by atoms with Crippen LogP contribution in [0.1, 0.15) is 5.56 Å². The molecule has 6 heteroatoms. The maximum Gasteiger partial charge on any atom is 0.191 e. The Balaban J connectivity index is 2.73. The van der Waals surface area contributed by atoms with E-state index in [-0.39, 0.29) is 0 Å². The van der Waals surface area contributed by atoms with Gasteiger partial charge < -0.3 is 20.3 Å². The highest BCUT2D eigenvalue weighted by Gasteiger charge is 2.05. The van der Waals surface area contributed by atoms with Crippen LogP contribution in [0.5, 0.6) is 0 Å². The second-order valence-corrected chi connectivity index (χ2v) is 4.63. The number of aromatic nitrogens is 1. The highest BCUT2D eigenvalue weighted by molar-refractivity contribution is 5.80. The molecule has 0 aliphatic carbocycles. The van der Waals surface area contributed by atoms with E-state index in [2.05, 4.69) is 27.2 Å². The molecule has 0 unspecified atom stereocenters. The van der Waals surface area contributed by atoms with Crippen LogP contribution in [0.2, 0.25) is 0 Å². The molecule has 21 heavy (non-hydrogen) atoms. The van der Waals surface area contributed by atoms with E-state index in [0.717, 1.165) is 17.3 Å². The van der Waals surface area contributed by atoms with E-state index >= 15 is 0 Å². The lowest BCUT2D eigenvalue weighted by Gasteiger charge is -2.15. The van der Waals surface area contributed by atoms with Crippen molar-refractivity contribution in [1.82, 2.24) is 15.6 Å². The Labute approximate surface area is 126 Å². The maximum absolute atomic E-state index is 5.03. The van der Waals surface area contributed by atoms with E-state index in [9.17, 15) is 0 Å². The third kappa shape index (κ3) is 6.27. The number of aliphatic imine (C=N–C) groups is 1. The zero-order valence-electron chi connectivity index (χ0n) is 13.1. The smallest absolute Gasteiger partial charge is 0.191 e. The Kier molecular flexibility index (Phi) is 7.89. The summed E-state index contributed by atoms with van der Waals surface area (Å²) in [6.07, 6.45) is 3.58. The molecule has 0 bridgehead atoms. The number of guanidine groups is 1. The van der Waals surface area contributed by atoms with Crippen molar-refractivity contribution >= 4 is 11.8 Å². The molecular formula is C15H25N5O. The van der Waals surface area contributed by atoms with E-state index in [1.165, 1.54) is 0 Å². The lowest BCUT2D eigenvalue weighted by atomic mass is 10.2. The molecule has 0 aliphatic heterocycles. The molecule has 0 aliphatic rings. The minimum absolute atomic E-state index is 0.556. The first-order chi connectivity index (χ1) is 10.2. The zero-order chi connectivity index (χ0) is 15.5. The van der Waals surface area contributed by atoms with Gasteiger partial charge in [0.05, 0.1) is 13.2 Å². The lowest BCUT2D eigenvalue weighted by molar-refractivity contribution is 0.203. The van der Waals surface area contributed by atoms with Gasteiger partial charge in [-0.15, -0.1) is 6.58 Å². The van der Waals surface area contributed by atoms with Gasteiger partial charge in [0.1, 0.15) is 5.82 Å². The Bertz CT molecular complexity index is 459.